The molecule has 0 aliphatic carbocycles. The second-order valence-electron chi connectivity index (χ2n) is 5.79. The molecule has 1 amide bonds. The van der Waals surface area contributed by atoms with Crippen molar-refractivity contribution in [3.63, 3.8) is 0 Å². The molecule has 0 bridgehead atoms. The maximum absolute atomic E-state index is 11.9. The van der Waals surface area contributed by atoms with E-state index in [1.54, 1.807) is 23.5 Å². The molecule has 2 heterocycles. The number of nitrogens with zero attached hydrogens (tertiary/aromatic N) is 1. The maximum atomic E-state index is 11.9. The summed E-state index contributed by atoms with van der Waals surface area (Å²) in [5.41, 5.74) is 1.06. The van der Waals surface area contributed by atoms with Crippen molar-refractivity contribution in [1.29, 1.82) is 0 Å². The lowest BCUT2D eigenvalue weighted by molar-refractivity contribution is -0.384. The lowest BCUT2D eigenvalue weighted by atomic mass is 10.1. The molecule has 1 aromatic carbocycles. The standard InChI is InChI=1S/C17H19N3O3S/c21-17-15(3-1-2-10-18-17)19-11-14-8-9-16(24-14)12-4-6-13(7-5-12)20(22)23/h4-9,15,19H,1-3,10-11H2,(H,18,21). The van der Waals surface area contributed by atoms with Gasteiger partial charge in [0, 0.05) is 35.0 Å². The number of nitro benzene ring substituents is 1. The molecule has 0 saturated carbocycles. The van der Waals surface area contributed by atoms with Gasteiger partial charge in [0.25, 0.3) is 5.69 Å². The third kappa shape index (κ3) is 3.98. The first kappa shape index (κ1) is 16.6. The molecule has 1 saturated heterocycles. The number of carbonyl (C=O) groups is 1. The van der Waals surface area contributed by atoms with Crippen molar-refractivity contribution in [2.45, 2.75) is 31.8 Å². The van der Waals surface area contributed by atoms with E-state index in [0.717, 1.165) is 41.1 Å². The molecule has 0 radical (unpaired) electrons. The van der Waals surface area contributed by atoms with Crippen LogP contribution >= 0.6 is 11.3 Å². The van der Waals surface area contributed by atoms with Crippen molar-refractivity contribution in [2.75, 3.05) is 6.54 Å². The number of amides is 1. The van der Waals surface area contributed by atoms with E-state index in [2.05, 4.69) is 10.6 Å². The lowest BCUT2D eigenvalue weighted by Crippen LogP contribution is -2.42. The quantitative estimate of drug-likeness (QED) is 0.644. The highest BCUT2D eigenvalue weighted by atomic mass is 32.1. The zero-order valence-electron chi connectivity index (χ0n) is 13.2. The zero-order valence-corrected chi connectivity index (χ0v) is 14.0. The average molecular weight is 345 g/mol. The van der Waals surface area contributed by atoms with Crippen molar-refractivity contribution >= 4 is 22.9 Å². The minimum Gasteiger partial charge on any atom is -0.355 e. The van der Waals surface area contributed by atoms with Crippen molar-refractivity contribution in [1.82, 2.24) is 10.6 Å². The molecule has 7 heteroatoms. The number of hydrogen-bond acceptors (Lipinski definition) is 5. The summed E-state index contributed by atoms with van der Waals surface area (Å²) in [7, 11) is 0. The van der Waals surface area contributed by atoms with Gasteiger partial charge < -0.3 is 10.6 Å². The van der Waals surface area contributed by atoms with Crippen molar-refractivity contribution in [3.8, 4) is 10.4 Å². The van der Waals surface area contributed by atoms with E-state index in [4.69, 9.17) is 0 Å². The first-order valence-electron chi connectivity index (χ1n) is 7.98. The van der Waals surface area contributed by atoms with Gasteiger partial charge in [-0.15, -0.1) is 11.3 Å². The molecular weight excluding hydrogens is 326 g/mol. The van der Waals surface area contributed by atoms with Gasteiger partial charge in [-0.1, -0.05) is 0 Å². The fraction of sp³-hybridized carbons (Fsp3) is 0.353. The Hall–Kier alpha value is -2.25. The molecular formula is C17H19N3O3S. The van der Waals surface area contributed by atoms with Crippen LogP contribution in [0.15, 0.2) is 36.4 Å². The van der Waals surface area contributed by atoms with Gasteiger partial charge in [0.15, 0.2) is 0 Å². The first-order chi connectivity index (χ1) is 11.6. The number of nitro groups is 1. The number of hydrogen-bond donors (Lipinski definition) is 2. The van der Waals surface area contributed by atoms with E-state index in [0.29, 0.717) is 6.54 Å². The number of thiophene rings is 1. The summed E-state index contributed by atoms with van der Waals surface area (Å²) in [6.45, 7) is 1.41. The molecule has 1 fully saturated rings. The van der Waals surface area contributed by atoms with Gasteiger partial charge in [-0.3, -0.25) is 14.9 Å². The first-order valence-corrected chi connectivity index (χ1v) is 8.80. The fourth-order valence-electron chi connectivity index (χ4n) is 2.73. The Balaban J connectivity index is 1.62. The Morgan fingerprint density at radius 2 is 2.00 bits per heavy atom. The number of carbonyl (C=O) groups excluding carboxylic acids is 1. The van der Waals surface area contributed by atoms with E-state index >= 15 is 0 Å². The number of non-ortho nitro benzene ring substituents is 1. The monoisotopic (exact) mass is 345 g/mol. The molecule has 126 valence electrons. The van der Waals surface area contributed by atoms with Crippen LogP contribution in [0.2, 0.25) is 0 Å². The van der Waals surface area contributed by atoms with Crippen molar-refractivity contribution in [3.05, 3.63) is 51.4 Å². The van der Waals surface area contributed by atoms with Crippen LogP contribution < -0.4 is 10.6 Å². The molecule has 0 spiro atoms. The number of benzene rings is 1. The summed E-state index contributed by atoms with van der Waals surface area (Å²) in [5.74, 6) is 0.0830. The summed E-state index contributed by atoms with van der Waals surface area (Å²) in [4.78, 5) is 24.4. The van der Waals surface area contributed by atoms with Gasteiger partial charge >= 0.3 is 0 Å². The van der Waals surface area contributed by atoms with Crippen LogP contribution in [0.4, 0.5) is 5.69 Å². The van der Waals surface area contributed by atoms with Gasteiger partial charge in [-0.05, 0) is 49.1 Å². The van der Waals surface area contributed by atoms with E-state index in [9.17, 15) is 14.9 Å². The number of nitrogens with one attached hydrogen (secondary N) is 2. The van der Waals surface area contributed by atoms with Gasteiger partial charge in [-0.25, -0.2) is 0 Å². The second-order valence-corrected chi connectivity index (χ2v) is 6.96. The van der Waals surface area contributed by atoms with Crippen LogP contribution in [0.3, 0.4) is 0 Å². The molecule has 6 nitrogen and oxygen atoms in total. The summed E-state index contributed by atoms with van der Waals surface area (Å²) in [5, 5.41) is 17.0. The van der Waals surface area contributed by atoms with E-state index in [-0.39, 0.29) is 17.6 Å². The average Bonchev–Trinajstić information content (AvgIpc) is 2.96. The molecule has 2 N–H and O–H groups in total. The molecule has 24 heavy (non-hydrogen) atoms. The Morgan fingerprint density at radius 1 is 1.21 bits per heavy atom. The van der Waals surface area contributed by atoms with Crippen LogP contribution in [-0.4, -0.2) is 23.4 Å². The summed E-state index contributed by atoms with van der Waals surface area (Å²) in [6, 6.07) is 10.5. The summed E-state index contributed by atoms with van der Waals surface area (Å²) < 4.78 is 0. The maximum Gasteiger partial charge on any atom is 0.269 e. The SMILES string of the molecule is O=C1NCCCCC1NCc1ccc(-c2ccc([N+](=O)[O-])cc2)s1. The lowest BCUT2D eigenvalue weighted by Gasteiger charge is -2.14. The zero-order chi connectivity index (χ0) is 16.9. The molecule has 1 atom stereocenters. The van der Waals surface area contributed by atoms with Crippen LogP contribution in [0, 0.1) is 10.1 Å². The van der Waals surface area contributed by atoms with Crippen LogP contribution in [0.1, 0.15) is 24.1 Å². The van der Waals surface area contributed by atoms with Crippen LogP contribution in [-0.2, 0) is 11.3 Å². The molecule has 1 aromatic heterocycles. The predicted octanol–water partition coefficient (Wildman–Crippen LogP) is 3.08. The normalized spacial score (nSPS) is 18.0. The molecule has 1 unspecified atom stereocenters. The third-order valence-electron chi connectivity index (χ3n) is 4.08. The van der Waals surface area contributed by atoms with Crippen molar-refractivity contribution < 1.29 is 9.72 Å². The summed E-state index contributed by atoms with van der Waals surface area (Å²) in [6.07, 6.45) is 2.95. The minimum absolute atomic E-state index is 0.0830. The van der Waals surface area contributed by atoms with E-state index in [1.807, 2.05) is 12.1 Å². The Morgan fingerprint density at radius 3 is 2.75 bits per heavy atom. The molecule has 1 aliphatic heterocycles. The summed E-state index contributed by atoms with van der Waals surface area (Å²) >= 11 is 1.63. The Labute approximate surface area is 144 Å². The molecule has 1 aliphatic rings. The largest absolute Gasteiger partial charge is 0.355 e. The van der Waals surface area contributed by atoms with Gasteiger partial charge in [0.05, 0.1) is 11.0 Å². The highest BCUT2D eigenvalue weighted by Gasteiger charge is 2.19. The van der Waals surface area contributed by atoms with Crippen molar-refractivity contribution in [2.24, 2.45) is 0 Å². The number of rotatable bonds is 5. The minimum atomic E-state index is -0.397. The van der Waals surface area contributed by atoms with Crippen LogP contribution in [0.25, 0.3) is 10.4 Å². The van der Waals surface area contributed by atoms with Gasteiger partial charge in [-0.2, -0.15) is 0 Å². The Kier molecular flexibility index (Phi) is 5.22. The van der Waals surface area contributed by atoms with Crippen LogP contribution in [0.5, 0.6) is 0 Å². The Bertz CT molecular complexity index is 727. The highest BCUT2D eigenvalue weighted by molar-refractivity contribution is 7.15. The smallest absolute Gasteiger partial charge is 0.269 e. The predicted molar refractivity (Wildman–Crippen MR) is 93.9 cm³/mol. The van der Waals surface area contributed by atoms with Gasteiger partial charge in [0.2, 0.25) is 5.91 Å². The second kappa shape index (κ2) is 7.55. The molecule has 3 rings (SSSR count). The topological polar surface area (TPSA) is 84.3 Å². The third-order valence-corrected chi connectivity index (χ3v) is 5.22. The highest BCUT2D eigenvalue weighted by Crippen LogP contribution is 2.29. The van der Waals surface area contributed by atoms with E-state index < -0.39 is 4.92 Å². The van der Waals surface area contributed by atoms with E-state index in [1.165, 1.54) is 12.1 Å². The van der Waals surface area contributed by atoms with Gasteiger partial charge in [0.1, 0.15) is 0 Å². The molecule has 2 aromatic rings. The fourth-order valence-corrected chi connectivity index (χ4v) is 3.70.